The van der Waals surface area contributed by atoms with Gasteiger partial charge >= 0.3 is 0 Å². The van der Waals surface area contributed by atoms with Crippen LogP contribution in [-0.2, 0) is 0 Å². The number of benzene rings is 1. The maximum Gasteiger partial charge on any atom is 0.155 e. The van der Waals surface area contributed by atoms with E-state index in [9.17, 15) is 4.39 Å². The molecule has 0 heterocycles. The van der Waals surface area contributed by atoms with Crippen LogP contribution >= 0.6 is 47.8 Å². The Morgan fingerprint density at radius 2 is 1.73 bits per heavy atom. The highest BCUT2D eigenvalue weighted by molar-refractivity contribution is 9.11. The monoisotopic (exact) mass is 346 g/mol. The molecule has 11 heavy (non-hydrogen) atoms. The van der Waals surface area contributed by atoms with Crippen molar-refractivity contribution in [2.24, 2.45) is 0 Å². The van der Waals surface area contributed by atoms with Gasteiger partial charge < -0.3 is 5.11 Å². The molecular formula is C6H2Br3FO. The van der Waals surface area contributed by atoms with E-state index in [0.29, 0.717) is 8.95 Å². The molecule has 0 spiro atoms. The molecule has 1 rings (SSSR count). The SMILES string of the molecule is Oc1c(Br)cc(Br)c(F)c1Br. The van der Waals surface area contributed by atoms with Gasteiger partial charge in [0.2, 0.25) is 0 Å². The first-order chi connectivity index (χ1) is 5.04. The third kappa shape index (κ3) is 1.76. The summed E-state index contributed by atoms with van der Waals surface area (Å²) < 4.78 is 13.7. The molecule has 0 saturated heterocycles. The molecule has 1 aromatic carbocycles. The lowest BCUT2D eigenvalue weighted by Gasteiger charge is -2.02. The maximum atomic E-state index is 12.9. The van der Waals surface area contributed by atoms with Crippen LogP contribution in [-0.4, -0.2) is 5.11 Å². The smallest absolute Gasteiger partial charge is 0.155 e. The minimum atomic E-state index is -0.509. The molecule has 1 N–H and O–H groups in total. The summed E-state index contributed by atoms with van der Waals surface area (Å²) in [6.45, 7) is 0. The van der Waals surface area contributed by atoms with Gasteiger partial charge in [0.05, 0.1) is 13.4 Å². The van der Waals surface area contributed by atoms with Gasteiger partial charge in [0.1, 0.15) is 5.75 Å². The molecule has 0 fully saturated rings. The van der Waals surface area contributed by atoms with Crippen molar-refractivity contribution >= 4 is 47.8 Å². The summed E-state index contributed by atoms with van der Waals surface area (Å²) in [6.07, 6.45) is 0. The average molecular weight is 349 g/mol. The predicted octanol–water partition coefficient (Wildman–Crippen LogP) is 3.82. The number of halogens is 4. The highest BCUT2D eigenvalue weighted by Crippen LogP contribution is 2.37. The fourth-order valence-electron chi connectivity index (χ4n) is 0.557. The van der Waals surface area contributed by atoms with E-state index in [1.807, 2.05) is 0 Å². The van der Waals surface area contributed by atoms with E-state index in [1.54, 1.807) is 0 Å². The van der Waals surface area contributed by atoms with Crippen LogP contribution in [0.25, 0.3) is 0 Å². The molecule has 0 unspecified atom stereocenters. The maximum absolute atomic E-state index is 12.9. The predicted molar refractivity (Wildman–Crippen MR) is 51.2 cm³/mol. The summed E-state index contributed by atoms with van der Waals surface area (Å²) in [6, 6.07) is 1.44. The van der Waals surface area contributed by atoms with E-state index in [2.05, 4.69) is 47.8 Å². The molecular weight excluding hydrogens is 347 g/mol. The van der Waals surface area contributed by atoms with Crippen LogP contribution < -0.4 is 0 Å². The number of hydrogen-bond donors (Lipinski definition) is 1. The third-order valence-corrected chi connectivity index (χ3v) is 3.00. The van der Waals surface area contributed by atoms with E-state index >= 15 is 0 Å². The van der Waals surface area contributed by atoms with E-state index in [-0.39, 0.29) is 10.2 Å². The van der Waals surface area contributed by atoms with Crippen LogP contribution in [0.3, 0.4) is 0 Å². The zero-order valence-corrected chi connectivity index (χ0v) is 9.79. The van der Waals surface area contributed by atoms with Crippen molar-refractivity contribution in [3.05, 3.63) is 25.3 Å². The van der Waals surface area contributed by atoms with Crippen molar-refractivity contribution in [2.75, 3.05) is 0 Å². The molecule has 1 aromatic rings. The molecule has 0 aliphatic carbocycles. The molecule has 0 aliphatic rings. The number of aromatic hydroxyl groups is 1. The Labute approximate surface area is 88.0 Å². The Morgan fingerprint density at radius 1 is 1.18 bits per heavy atom. The second kappa shape index (κ2) is 3.41. The Balaban J connectivity index is 3.46. The second-order valence-electron chi connectivity index (χ2n) is 1.82. The summed E-state index contributed by atoms with van der Waals surface area (Å²) >= 11 is 8.93. The summed E-state index contributed by atoms with van der Waals surface area (Å²) in [5.41, 5.74) is 0. The number of phenolic OH excluding ortho intramolecular Hbond substituents is 1. The van der Waals surface area contributed by atoms with Crippen LogP contribution in [0.15, 0.2) is 19.5 Å². The van der Waals surface area contributed by atoms with E-state index in [4.69, 9.17) is 5.11 Å². The van der Waals surface area contributed by atoms with Crippen LogP contribution in [0.1, 0.15) is 0 Å². The van der Waals surface area contributed by atoms with Crippen molar-refractivity contribution in [1.82, 2.24) is 0 Å². The Morgan fingerprint density at radius 3 is 2.27 bits per heavy atom. The summed E-state index contributed by atoms with van der Waals surface area (Å²) in [5.74, 6) is -0.642. The van der Waals surface area contributed by atoms with Gasteiger partial charge in [-0.15, -0.1) is 0 Å². The molecule has 0 aromatic heterocycles. The summed E-state index contributed by atoms with van der Waals surface area (Å²) in [7, 11) is 0. The van der Waals surface area contributed by atoms with Gasteiger partial charge in [-0.25, -0.2) is 4.39 Å². The fraction of sp³-hybridized carbons (Fsp3) is 0. The Kier molecular flexibility index (Phi) is 2.94. The Bertz CT molecular complexity index is 274. The van der Waals surface area contributed by atoms with Crippen molar-refractivity contribution in [3.63, 3.8) is 0 Å². The van der Waals surface area contributed by atoms with Crippen LogP contribution in [0.2, 0.25) is 0 Å². The number of hydrogen-bond acceptors (Lipinski definition) is 1. The number of phenols is 1. The third-order valence-electron chi connectivity index (χ3n) is 1.09. The zero-order chi connectivity index (χ0) is 8.59. The largest absolute Gasteiger partial charge is 0.505 e. The van der Waals surface area contributed by atoms with Gasteiger partial charge in [0.15, 0.2) is 5.82 Å². The van der Waals surface area contributed by atoms with Gasteiger partial charge in [0, 0.05) is 0 Å². The minimum absolute atomic E-state index is 0.0544. The molecule has 0 aliphatic heterocycles. The van der Waals surface area contributed by atoms with E-state index in [0.717, 1.165) is 0 Å². The highest BCUT2D eigenvalue weighted by atomic mass is 79.9. The first-order valence-electron chi connectivity index (χ1n) is 2.56. The summed E-state index contributed by atoms with van der Waals surface area (Å²) in [5, 5.41) is 9.16. The Hall–Kier alpha value is 0.390. The second-order valence-corrected chi connectivity index (χ2v) is 4.32. The lowest BCUT2D eigenvalue weighted by atomic mass is 10.3. The number of rotatable bonds is 0. The molecule has 5 heteroatoms. The van der Waals surface area contributed by atoms with Gasteiger partial charge in [-0.05, 0) is 53.9 Å². The molecule has 60 valence electrons. The lowest BCUT2D eigenvalue weighted by molar-refractivity contribution is 0.460. The topological polar surface area (TPSA) is 20.2 Å². The van der Waals surface area contributed by atoms with Crippen molar-refractivity contribution in [3.8, 4) is 5.75 Å². The van der Waals surface area contributed by atoms with E-state index in [1.165, 1.54) is 6.07 Å². The van der Waals surface area contributed by atoms with Crippen LogP contribution in [0.4, 0.5) is 4.39 Å². The van der Waals surface area contributed by atoms with Gasteiger partial charge in [-0.2, -0.15) is 0 Å². The van der Waals surface area contributed by atoms with Crippen molar-refractivity contribution < 1.29 is 9.50 Å². The fourth-order valence-corrected chi connectivity index (χ4v) is 2.68. The molecule has 0 bridgehead atoms. The standard InChI is InChI=1S/C6H2Br3FO/c7-2-1-3(8)6(11)4(9)5(2)10/h1,11H. The normalized spacial score (nSPS) is 10.2. The summed E-state index contributed by atoms with van der Waals surface area (Å²) in [4.78, 5) is 0. The molecule has 0 saturated carbocycles. The molecule has 0 amide bonds. The molecule has 1 nitrogen and oxygen atoms in total. The van der Waals surface area contributed by atoms with Gasteiger partial charge in [0.25, 0.3) is 0 Å². The minimum Gasteiger partial charge on any atom is -0.505 e. The van der Waals surface area contributed by atoms with Crippen LogP contribution in [0.5, 0.6) is 5.75 Å². The zero-order valence-electron chi connectivity index (χ0n) is 5.04. The van der Waals surface area contributed by atoms with Gasteiger partial charge in [-0.1, -0.05) is 0 Å². The molecule has 0 atom stereocenters. The average Bonchev–Trinajstić information content (AvgIpc) is 1.97. The van der Waals surface area contributed by atoms with E-state index < -0.39 is 5.82 Å². The first kappa shape index (κ1) is 9.48. The highest BCUT2D eigenvalue weighted by Gasteiger charge is 2.12. The lowest BCUT2D eigenvalue weighted by Crippen LogP contribution is -1.81. The quantitative estimate of drug-likeness (QED) is 0.558. The van der Waals surface area contributed by atoms with Crippen molar-refractivity contribution in [1.29, 1.82) is 0 Å². The van der Waals surface area contributed by atoms with Crippen LogP contribution in [0, 0.1) is 5.82 Å². The van der Waals surface area contributed by atoms with Crippen molar-refractivity contribution in [2.45, 2.75) is 0 Å². The van der Waals surface area contributed by atoms with Gasteiger partial charge in [-0.3, -0.25) is 0 Å². The molecule has 0 radical (unpaired) electrons. The first-order valence-corrected chi connectivity index (χ1v) is 4.94.